The van der Waals surface area contributed by atoms with Crippen molar-refractivity contribution in [1.29, 1.82) is 0 Å². The van der Waals surface area contributed by atoms with Gasteiger partial charge in [0.1, 0.15) is 6.04 Å². The van der Waals surface area contributed by atoms with E-state index in [2.05, 4.69) is 37.2 Å². The maximum atomic E-state index is 11.9. The number of carbonyl (C=O) groups excluding carboxylic acids is 2. The smallest absolute Gasteiger partial charge is 0.247 e. The van der Waals surface area contributed by atoms with Crippen LogP contribution in [0.25, 0.3) is 0 Å². The van der Waals surface area contributed by atoms with E-state index in [9.17, 15) is 9.59 Å². The molecule has 1 aromatic carbocycles. The van der Waals surface area contributed by atoms with Crippen molar-refractivity contribution in [3.05, 3.63) is 27.1 Å². The van der Waals surface area contributed by atoms with Gasteiger partial charge in [0.15, 0.2) is 0 Å². The summed E-state index contributed by atoms with van der Waals surface area (Å²) >= 11 is 6.80. The summed E-state index contributed by atoms with van der Waals surface area (Å²) in [6.45, 7) is 1.75. The zero-order valence-corrected chi connectivity index (χ0v) is 12.2. The van der Waals surface area contributed by atoms with Crippen LogP contribution in [-0.4, -0.2) is 24.4 Å². The molecule has 1 fully saturated rings. The number of para-hydroxylation sites is 1. The minimum absolute atomic E-state index is 0.0386. The second-order valence-electron chi connectivity index (χ2n) is 3.73. The van der Waals surface area contributed by atoms with Gasteiger partial charge in [-0.25, -0.2) is 0 Å². The van der Waals surface area contributed by atoms with Crippen molar-refractivity contribution in [3.63, 3.8) is 0 Å². The molecule has 4 nitrogen and oxygen atoms in total. The summed E-state index contributed by atoms with van der Waals surface area (Å²) in [7, 11) is 0. The molecule has 0 aliphatic carbocycles. The van der Waals surface area contributed by atoms with E-state index in [0.717, 1.165) is 8.95 Å². The van der Waals surface area contributed by atoms with Crippen molar-refractivity contribution in [2.75, 3.05) is 11.4 Å². The summed E-state index contributed by atoms with van der Waals surface area (Å²) < 4.78 is 1.56. The van der Waals surface area contributed by atoms with Gasteiger partial charge in [-0.15, -0.1) is 0 Å². The molecule has 1 aliphatic rings. The predicted octanol–water partition coefficient (Wildman–Crippen LogP) is 2.06. The molecular formula is C11H10Br2N2O2. The molecule has 6 heteroatoms. The third kappa shape index (κ3) is 2.24. The quantitative estimate of drug-likeness (QED) is 0.832. The van der Waals surface area contributed by atoms with Gasteiger partial charge >= 0.3 is 0 Å². The van der Waals surface area contributed by atoms with Crippen molar-refractivity contribution in [1.82, 2.24) is 5.32 Å². The molecule has 0 radical (unpaired) electrons. The molecule has 1 unspecified atom stereocenters. The van der Waals surface area contributed by atoms with Crippen LogP contribution in [-0.2, 0) is 9.59 Å². The second kappa shape index (κ2) is 4.78. The predicted molar refractivity (Wildman–Crippen MR) is 71.8 cm³/mol. The van der Waals surface area contributed by atoms with Gasteiger partial charge in [0.2, 0.25) is 11.8 Å². The highest BCUT2D eigenvalue weighted by Gasteiger charge is 2.34. The summed E-state index contributed by atoms with van der Waals surface area (Å²) in [4.78, 5) is 25.0. The average molecular weight is 362 g/mol. The Bertz CT molecular complexity index is 470. The number of hydrogen-bond donors (Lipinski definition) is 1. The lowest BCUT2D eigenvalue weighted by Crippen LogP contribution is -2.57. The fourth-order valence-electron chi connectivity index (χ4n) is 1.77. The highest BCUT2D eigenvalue weighted by atomic mass is 79.9. The Morgan fingerprint density at radius 3 is 2.47 bits per heavy atom. The van der Waals surface area contributed by atoms with Gasteiger partial charge in [0.05, 0.1) is 12.2 Å². The van der Waals surface area contributed by atoms with Crippen molar-refractivity contribution in [2.45, 2.75) is 13.0 Å². The van der Waals surface area contributed by atoms with Crippen LogP contribution in [0.3, 0.4) is 0 Å². The first kappa shape index (κ1) is 12.6. The Kier molecular flexibility index (Phi) is 3.53. The number of benzene rings is 1. The van der Waals surface area contributed by atoms with E-state index < -0.39 is 6.04 Å². The van der Waals surface area contributed by atoms with E-state index in [0.29, 0.717) is 5.69 Å². The molecular weight excluding hydrogens is 352 g/mol. The van der Waals surface area contributed by atoms with E-state index in [1.807, 2.05) is 18.2 Å². The third-order valence-corrected chi connectivity index (χ3v) is 3.91. The van der Waals surface area contributed by atoms with Gasteiger partial charge in [-0.1, -0.05) is 6.07 Å². The fraction of sp³-hybridized carbons (Fsp3) is 0.273. The van der Waals surface area contributed by atoms with Crippen molar-refractivity contribution >= 4 is 49.4 Å². The van der Waals surface area contributed by atoms with Crippen molar-refractivity contribution in [2.24, 2.45) is 0 Å². The zero-order valence-electron chi connectivity index (χ0n) is 9.04. The zero-order chi connectivity index (χ0) is 12.6. The largest absolute Gasteiger partial charge is 0.345 e. The Morgan fingerprint density at radius 2 is 1.88 bits per heavy atom. The lowest BCUT2D eigenvalue weighted by atomic mass is 10.1. The molecule has 1 aliphatic heterocycles. The number of nitrogens with one attached hydrogen (secondary N) is 1. The van der Waals surface area contributed by atoms with Gasteiger partial charge in [0, 0.05) is 8.95 Å². The molecule has 1 heterocycles. The molecule has 1 aromatic rings. The SMILES string of the molecule is CC1C(=O)NCC(=O)N1c1c(Br)cccc1Br. The minimum Gasteiger partial charge on any atom is -0.345 e. The lowest BCUT2D eigenvalue weighted by molar-refractivity contribution is -0.130. The Labute approximate surface area is 116 Å². The number of rotatable bonds is 1. The van der Waals surface area contributed by atoms with Gasteiger partial charge in [-0.05, 0) is 50.9 Å². The van der Waals surface area contributed by atoms with Crippen LogP contribution in [0.2, 0.25) is 0 Å². The summed E-state index contributed by atoms with van der Waals surface area (Å²) in [6.07, 6.45) is 0. The molecule has 90 valence electrons. The molecule has 0 spiro atoms. The lowest BCUT2D eigenvalue weighted by Gasteiger charge is -2.33. The highest BCUT2D eigenvalue weighted by Crippen LogP contribution is 2.35. The summed E-state index contributed by atoms with van der Waals surface area (Å²) in [5.41, 5.74) is 0.694. The molecule has 0 bridgehead atoms. The molecule has 2 amide bonds. The number of hydrogen-bond acceptors (Lipinski definition) is 2. The first-order valence-electron chi connectivity index (χ1n) is 5.06. The fourth-order valence-corrected chi connectivity index (χ4v) is 3.15. The molecule has 17 heavy (non-hydrogen) atoms. The number of halogens is 2. The van der Waals surface area contributed by atoms with Crippen molar-refractivity contribution in [3.8, 4) is 0 Å². The van der Waals surface area contributed by atoms with Gasteiger partial charge in [0.25, 0.3) is 0 Å². The van der Waals surface area contributed by atoms with Crippen LogP contribution in [0.5, 0.6) is 0 Å². The topological polar surface area (TPSA) is 49.4 Å². The Hall–Kier alpha value is -0.880. The highest BCUT2D eigenvalue weighted by molar-refractivity contribution is 9.11. The normalized spacial score (nSPS) is 20.4. The molecule has 1 atom stereocenters. The number of piperazine rings is 1. The van der Waals surface area contributed by atoms with E-state index >= 15 is 0 Å². The Balaban J connectivity index is 2.50. The summed E-state index contributed by atoms with van der Waals surface area (Å²) in [5, 5.41) is 2.56. The molecule has 1 N–H and O–H groups in total. The maximum Gasteiger partial charge on any atom is 0.247 e. The van der Waals surface area contributed by atoms with Crippen LogP contribution in [0.1, 0.15) is 6.92 Å². The Morgan fingerprint density at radius 1 is 1.29 bits per heavy atom. The first-order valence-corrected chi connectivity index (χ1v) is 6.64. The molecule has 0 aromatic heterocycles. The van der Waals surface area contributed by atoms with E-state index in [4.69, 9.17) is 0 Å². The molecule has 0 saturated carbocycles. The summed E-state index contributed by atoms with van der Waals surface area (Å²) in [6, 6.07) is 5.03. The van der Waals surface area contributed by atoms with Crippen LogP contribution in [0.4, 0.5) is 5.69 Å². The first-order chi connectivity index (χ1) is 8.02. The molecule has 1 saturated heterocycles. The van der Waals surface area contributed by atoms with E-state index in [1.165, 1.54) is 4.90 Å². The van der Waals surface area contributed by atoms with Crippen LogP contribution in [0.15, 0.2) is 27.1 Å². The van der Waals surface area contributed by atoms with Gasteiger partial charge in [-0.2, -0.15) is 0 Å². The average Bonchev–Trinajstić information content (AvgIpc) is 2.28. The standard InChI is InChI=1S/C11H10Br2N2O2/c1-6-11(17)14-5-9(16)15(6)10-7(12)3-2-4-8(10)13/h2-4,6H,5H2,1H3,(H,14,17). The minimum atomic E-state index is -0.508. The van der Waals surface area contributed by atoms with Crippen LogP contribution >= 0.6 is 31.9 Å². The van der Waals surface area contributed by atoms with Crippen molar-refractivity contribution < 1.29 is 9.59 Å². The number of nitrogens with zero attached hydrogens (tertiary/aromatic N) is 1. The third-order valence-electron chi connectivity index (χ3n) is 2.63. The van der Waals surface area contributed by atoms with E-state index in [1.54, 1.807) is 6.92 Å². The summed E-state index contributed by atoms with van der Waals surface area (Å²) in [5.74, 6) is -0.267. The maximum absolute atomic E-state index is 11.9. The van der Waals surface area contributed by atoms with Crippen LogP contribution < -0.4 is 10.2 Å². The molecule has 2 rings (SSSR count). The second-order valence-corrected chi connectivity index (χ2v) is 5.44. The van der Waals surface area contributed by atoms with Gasteiger partial charge < -0.3 is 5.32 Å². The monoisotopic (exact) mass is 360 g/mol. The van der Waals surface area contributed by atoms with E-state index in [-0.39, 0.29) is 18.4 Å². The van der Waals surface area contributed by atoms with Crippen LogP contribution in [0, 0.1) is 0 Å². The number of anilines is 1. The number of amides is 2. The number of carbonyl (C=O) groups is 2. The van der Waals surface area contributed by atoms with Gasteiger partial charge in [-0.3, -0.25) is 14.5 Å².